The van der Waals surface area contributed by atoms with Crippen molar-refractivity contribution in [1.29, 1.82) is 0 Å². The van der Waals surface area contributed by atoms with Gasteiger partial charge in [0.05, 0.1) is 29.0 Å². The van der Waals surface area contributed by atoms with Crippen molar-refractivity contribution in [3.05, 3.63) is 51.6 Å². The summed E-state index contributed by atoms with van der Waals surface area (Å²) in [6.45, 7) is 0. The van der Waals surface area contributed by atoms with Gasteiger partial charge in [0.25, 0.3) is 0 Å². The van der Waals surface area contributed by atoms with Crippen molar-refractivity contribution in [2.45, 2.75) is 11.1 Å². The number of hydrogen-bond donors (Lipinski definition) is 0. The maximum atomic E-state index is 12.8. The number of carbonyl (C=O) groups excluding carboxylic acids is 1. The second-order valence-electron chi connectivity index (χ2n) is 5.22. The molecule has 0 aliphatic carbocycles. The Morgan fingerprint density at radius 2 is 2.11 bits per heavy atom. The van der Waals surface area contributed by atoms with Crippen LogP contribution in [0.2, 0.25) is 5.02 Å². The number of rotatable bonds is 4. The molecule has 0 saturated heterocycles. The molecule has 27 heavy (non-hydrogen) atoms. The maximum absolute atomic E-state index is 12.8. The molecule has 3 aromatic rings. The lowest BCUT2D eigenvalue weighted by Gasteiger charge is -2.09. The summed E-state index contributed by atoms with van der Waals surface area (Å²) in [5.74, 6) is -1.38. The highest BCUT2D eigenvalue weighted by Gasteiger charge is 2.32. The molecule has 0 radical (unpaired) electrons. The fourth-order valence-corrected chi connectivity index (χ4v) is 3.25. The topological polar surface area (TPSA) is 74.3 Å². The van der Waals surface area contributed by atoms with Gasteiger partial charge in [-0.1, -0.05) is 11.6 Å². The molecule has 0 aliphatic heterocycles. The third-order valence-corrected chi connectivity index (χ3v) is 4.74. The number of alkyl halides is 3. The van der Waals surface area contributed by atoms with E-state index in [1.165, 1.54) is 31.0 Å². The minimum Gasteiger partial charge on any atom is -0.468 e. The highest BCUT2D eigenvalue weighted by molar-refractivity contribution is 8.00. The predicted octanol–water partition coefficient (Wildman–Crippen LogP) is 3.92. The molecule has 11 heteroatoms. The van der Waals surface area contributed by atoms with Gasteiger partial charge in [-0.05, 0) is 24.3 Å². The van der Waals surface area contributed by atoms with Crippen molar-refractivity contribution in [2.24, 2.45) is 0 Å². The number of methoxy groups -OCH3 is 1. The zero-order chi connectivity index (χ0) is 19.8. The SMILES string of the molecule is COC(=O)CSc1ccc2c(c1)oc(=O)n2-c1ncc(C(F)(F)F)cc1Cl. The van der Waals surface area contributed by atoms with Gasteiger partial charge in [0.2, 0.25) is 0 Å². The first-order valence-corrected chi connectivity index (χ1v) is 8.65. The van der Waals surface area contributed by atoms with E-state index in [9.17, 15) is 22.8 Å². The molecule has 6 nitrogen and oxygen atoms in total. The Kier molecular flexibility index (Phi) is 5.20. The number of thioether (sulfide) groups is 1. The van der Waals surface area contributed by atoms with Crippen molar-refractivity contribution in [3.63, 3.8) is 0 Å². The molecule has 0 fully saturated rings. The van der Waals surface area contributed by atoms with E-state index < -0.39 is 23.5 Å². The van der Waals surface area contributed by atoms with Crippen LogP contribution in [0.25, 0.3) is 16.9 Å². The van der Waals surface area contributed by atoms with E-state index in [0.717, 1.165) is 4.57 Å². The van der Waals surface area contributed by atoms with E-state index in [1.807, 2.05) is 0 Å². The largest absolute Gasteiger partial charge is 0.468 e. The Hall–Kier alpha value is -2.46. The van der Waals surface area contributed by atoms with Crippen LogP contribution in [-0.4, -0.2) is 28.4 Å². The minimum absolute atomic E-state index is 0.0687. The molecule has 0 spiro atoms. The standard InChI is InChI=1S/C16H10ClF3N2O4S/c1-25-13(23)7-27-9-2-3-11-12(5-9)26-15(24)22(11)14-10(17)4-8(6-21-14)16(18,19)20/h2-6H,7H2,1H3. The van der Waals surface area contributed by atoms with E-state index in [2.05, 4.69) is 9.72 Å². The zero-order valence-corrected chi connectivity index (χ0v) is 15.1. The first-order chi connectivity index (χ1) is 12.7. The van der Waals surface area contributed by atoms with Crippen LogP contribution in [0, 0.1) is 0 Å². The number of pyridine rings is 1. The summed E-state index contributed by atoms with van der Waals surface area (Å²) in [4.78, 5) is 27.7. The van der Waals surface area contributed by atoms with Crippen molar-refractivity contribution in [2.75, 3.05) is 12.9 Å². The van der Waals surface area contributed by atoms with Crippen LogP contribution < -0.4 is 5.76 Å². The summed E-state index contributed by atoms with van der Waals surface area (Å²) in [6.07, 6.45) is -4.02. The molecule has 0 saturated carbocycles. The smallest absolute Gasteiger partial charge is 0.425 e. The Morgan fingerprint density at radius 1 is 1.37 bits per heavy atom. The number of hydrogen-bond acceptors (Lipinski definition) is 6. The van der Waals surface area contributed by atoms with Gasteiger partial charge in [0, 0.05) is 11.1 Å². The predicted molar refractivity (Wildman–Crippen MR) is 92.4 cm³/mol. The molecule has 0 aliphatic rings. The average molecular weight is 419 g/mol. The highest BCUT2D eigenvalue weighted by atomic mass is 35.5. The second kappa shape index (κ2) is 7.28. The molecular formula is C16H10ClF3N2O4S. The molecular weight excluding hydrogens is 409 g/mol. The van der Waals surface area contributed by atoms with E-state index in [4.69, 9.17) is 16.0 Å². The zero-order valence-electron chi connectivity index (χ0n) is 13.5. The highest BCUT2D eigenvalue weighted by Crippen LogP contribution is 2.32. The molecule has 0 amide bonds. The average Bonchev–Trinajstić information content (AvgIpc) is 2.93. The van der Waals surface area contributed by atoms with Gasteiger partial charge in [-0.25, -0.2) is 14.3 Å². The van der Waals surface area contributed by atoms with Gasteiger partial charge >= 0.3 is 17.9 Å². The number of esters is 1. The normalized spacial score (nSPS) is 11.7. The first-order valence-electron chi connectivity index (χ1n) is 7.29. The van der Waals surface area contributed by atoms with Crippen molar-refractivity contribution < 1.29 is 27.1 Å². The third-order valence-electron chi connectivity index (χ3n) is 3.50. The summed E-state index contributed by atoms with van der Waals surface area (Å²) in [7, 11) is 1.27. The molecule has 0 atom stereocenters. The number of oxazole rings is 1. The molecule has 0 bridgehead atoms. The summed E-state index contributed by atoms with van der Waals surface area (Å²) in [5.41, 5.74) is -0.581. The fraction of sp³-hybridized carbons (Fsp3) is 0.188. The molecule has 0 unspecified atom stereocenters. The fourth-order valence-electron chi connectivity index (χ4n) is 2.24. The Balaban J connectivity index is 2.02. The van der Waals surface area contributed by atoms with E-state index >= 15 is 0 Å². The number of benzene rings is 1. The molecule has 1 aromatic carbocycles. The first kappa shape index (κ1) is 19.3. The number of carbonyl (C=O) groups is 1. The molecule has 2 heterocycles. The van der Waals surface area contributed by atoms with Crippen LogP contribution >= 0.6 is 23.4 Å². The lowest BCUT2D eigenvalue weighted by Crippen LogP contribution is -2.15. The number of fused-ring (bicyclic) bond motifs is 1. The van der Waals surface area contributed by atoms with Gasteiger partial charge in [-0.15, -0.1) is 11.8 Å². The van der Waals surface area contributed by atoms with Gasteiger partial charge in [-0.2, -0.15) is 13.2 Å². The second-order valence-corrected chi connectivity index (χ2v) is 6.68. The summed E-state index contributed by atoms with van der Waals surface area (Å²) in [5, 5.41) is -0.348. The van der Waals surface area contributed by atoms with Crippen LogP contribution in [-0.2, 0) is 15.7 Å². The van der Waals surface area contributed by atoms with E-state index in [0.29, 0.717) is 17.2 Å². The Labute approximate surface area is 158 Å². The van der Waals surface area contributed by atoms with Crippen LogP contribution in [0.15, 0.2) is 44.6 Å². The number of nitrogens with zero attached hydrogens (tertiary/aromatic N) is 2. The van der Waals surface area contributed by atoms with Gasteiger partial charge in [-0.3, -0.25) is 4.79 Å². The van der Waals surface area contributed by atoms with Gasteiger partial charge < -0.3 is 9.15 Å². The maximum Gasteiger partial charge on any atom is 0.425 e. The van der Waals surface area contributed by atoms with Crippen LogP contribution in [0.5, 0.6) is 0 Å². The molecule has 142 valence electrons. The van der Waals surface area contributed by atoms with Gasteiger partial charge in [0.1, 0.15) is 0 Å². The monoisotopic (exact) mass is 418 g/mol. The van der Waals surface area contributed by atoms with E-state index in [-0.39, 0.29) is 27.7 Å². The van der Waals surface area contributed by atoms with Crippen molar-refractivity contribution >= 4 is 40.4 Å². The Morgan fingerprint density at radius 3 is 2.74 bits per heavy atom. The lowest BCUT2D eigenvalue weighted by molar-refractivity contribution is -0.138. The number of aromatic nitrogens is 2. The van der Waals surface area contributed by atoms with Crippen LogP contribution in [0.1, 0.15) is 5.56 Å². The lowest BCUT2D eigenvalue weighted by atomic mass is 10.2. The number of halogens is 4. The summed E-state index contributed by atoms with van der Waals surface area (Å²) >= 11 is 7.09. The summed E-state index contributed by atoms with van der Waals surface area (Å²) < 4.78 is 48.9. The molecule has 2 aromatic heterocycles. The molecule has 3 rings (SSSR count). The van der Waals surface area contributed by atoms with Crippen LogP contribution in [0.3, 0.4) is 0 Å². The van der Waals surface area contributed by atoms with Crippen molar-refractivity contribution in [1.82, 2.24) is 9.55 Å². The van der Waals surface area contributed by atoms with Gasteiger partial charge in [0.15, 0.2) is 11.4 Å². The van der Waals surface area contributed by atoms with Crippen molar-refractivity contribution in [3.8, 4) is 5.82 Å². The Bertz CT molecular complexity index is 1080. The third kappa shape index (κ3) is 3.96. The van der Waals surface area contributed by atoms with Crippen LogP contribution in [0.4, 0.5) is 13.2 Å². The quantitative estimate of drug-likeness (QED) is 0.472. The number of ether oxygens (including phenoxy) is 1. The minimum atomic E-state index is -4.61. The van der Waals surface area contributed by atoms with E-state index in [1.54, 1.807) is 6.07 Å². The molecule has 0 N–H and O–H groups in total. The summed E-state index contributed by atoms with van der Waals surface area (Å²) in [6, 6.07) is 5.36.